The van der Waals surface area contributed by atoms with Gasteiger partial charge in [-0.3, -0.25) is 4.79 Å². The molecule has 0 fully saturated rings. The van der Waals surface area contributed by atoms with E-state index < -0.39 is 0 Å². The lowest BCUT2D eigenvalue weighted by Gasteiger charge is -2.12. The van der Waals surface area contributed by atoms with Crippen LogP contribution in [0.25, 0.3) is 22.3 Å². The fourth-order valence-corrected chi connectivity index (χ4v) is 2.41. The third kappa shape index (κ3) is 2.16. The molecule has 0 spiro atoms. The van der Waals surface area contributed by atoms with Crippen molar-refractivity contribution in [2.45, 2.75) is 0 Å². The fraction of sp³-hybridized carbons (Fsp3) is 0.118. The number of benzene rings is 2. The molecule has 0 radical (unpaired) electrons. The molecule has 0 amide bonds. The minimum atomic E-state index is -0.320. The SMILES string of the molecule is COc1cccc(-c2cc(=O)c3c(O)cccc3o2)c1OC. The summed E-state index contributed by atoms with van der Waals surface area (Å²) >= 11 is 0. The zero-order valence-corrected chi connectivity index (χ0v) is 12.1. The van der Waals surface area contributed by atoms with Gasteiger partial charge in [0.2, 0.25) is 0 Å². The van der Waals surface area contributed by atoms with Crippen molar-refractivity contribution in [2.24, 2.45) is 0 Å². The zero-order valence-electron chi connectivity index (χ0n) is 12.1. The first-order chi connectivity index (χ1) is 10.7. The number of rotatable bonds is 3. The van der Waals surface area contributed by atoms with Crippen LogP contribution >= 0.6 is 0 Å². The van der Waals surface area contributed by atoms with Crippen molar-refractivity contribution in [3.8, 4) is 28.6 Å². The standard InChI is InChI=1S/C17H14O5/c1-20-14-8-3-5-10(17(14)21-2)15-9-12(19)16-11(18)6-4-7-13(16)22-15/h3-9,18H,1-2H3. The van der Waals surface area contributed by atoms with Crippen molar-refractivity contribution in [1.29, 1.82) is 0 Å². The molecule has 5 heteroatoms. The van der Waals surface area contributed by atoms with E-state index in [1.165, 1.54) is 26.4 Å². The van der Waals surface area contributed by atoms with E-state index in [-0.39, 0.29) is 16.6 Å². The smallest absolute Gasteiger partial charge is 0.197 e. The van der Waals surface area contributed by atoms with E-state index in [4.69, 9.17) is 13.9 Å². The molecule has 22 heavy (non-hydrogen) atoms. The molecule has 112 valence electrons. The van der Waals surface area contributed by atoms with Crippen molar-refractivity contribution >= 4 is 11.0 Å². The average Bonchev–Trinajstić information content (AvgIpc) is 2.53. The quantitative estimate of drug-likeness (QED) is 0.804. The number of hydrogen-bond donors (Lipinski definition) is 1. The highest BCUT2D eigenvalue weighted by atomic mass is 16.5. The van der Waals surface area contributed by atoms with Gasteiger partial charge in [-0.1, -0.05) is 12.1 Å². The Morgan fingerprint density at radius 3 is 2.55 bits per heavy atom. The number of phenols is 1. The molecule has 5 nitrogen and oxygen atoms in total. The Balaban J connectivity index is 2.30. The normalized spacial score (nSPS) is 10.6. The molecule has 0 atom stereocenters. The van der Waals surface area contributed by atoms with Gasteiger partial charge in [-0.15, -0.1) is 0 Å². The van der Waals surface area contributed by atoms with Crippen molar-refractivity contribution < 1.29 is 19.0 Å². The predicted molar refractivity (Wildman–Crippen MR) is 82.7 cm³/mol. The first-order valence-corrected chi connectivity index (χ1v) is 6.63. The van der Waals surface area contributed by atoms with E-state index in [2.05, 4.69) is 0 Å². The maximum Gasteiger partial charge on any atom is 0.197 e. The summed E-state index contributed by atoms with van der Waals surface area (Å²) in [4.78, 5) is 12.3. The van der Waals surface area contributed by atoms with E-state index in [1.54, 1.807) is 30.3 Å². The molecular formula is C17H14O5. The Kier molecular flexibility index (Phi) is 3.47. The number of fused-ring (bicyclic) bond motifs is 1. The van der Waals surface area contributed by atoms with E-state index in [9.17, 15) is 9.90 Å². The molecule has 0 aliphatic heterocycles. The molecular weight excluding hydrogens is 284 g/mol. The minimum Gasteiger partial charge on any atom is -0.507 e. The first kappa shape index (κ1) is 14.0. The van der Waals surface area contributed by atoms with Gasteiger partial charge in [0.15, 0.2) is 16.9 Å². The van der Waals surface area contributed by atoms with Gasteiger partial charge in [-0.05, 0) is 24.3 Å². The monoisotopic (exact) mass is 298 g/mol. The highest BCUT2D eigenvalue weighted by Gasteiger charge is 2.16. The number of phenolic OH excluding ortho intramolecular Hbond substituents is 1. The van der Waals surface area contributed by atoms with Crippen LogP contribution in [0.2, 0.25) is 0 Å². The number of ether oxygens (including phenoxy) is 2. The summed E-state index contributed by atoms with van der Waals surface area (Å²) in [5, 5.41) is 9.95. The highest BCUT2D eigenvalue weighted by molar-refractivity contribution is 5.85. The maximum absolute atomic E-state index is 12.3. The molecule has 3 aromatic rings. The lowest BCUT2D eigenvalue weighted by Crippen LogP contribution is -2.01. The Morgan fingerprint density at radius 2 is 1.82 bits per heavy atom. The van der Waals surface area contributed by atoms with Gasteiger partial charge in [0.05, 0.1) is 19.8 Å². The van der Waals surface area contributed by atoms with Crippen LogP contribution in [0, 0.1) is 0 Å². The van der Waals surface area contributed by atoms with E-state index in [0.29, 0.717) is 28.4 Å². The second kappa shape index (κ2) is 5.44. The maximum atomic E-state index is 12.3. The predicted octanol–water partition coefficient (Wildman–Crippen LogP) is 3.18. The van der Waals surface area contributed by atoms with Gasteiger partial charge < -0.3 is 19.0 Å². The zero-order chi connectivity index (χ0) is 15.7. The van der Waals surface area contributed by atoms with Gasteiger partial charge in [0.1, 0.15) is 22.5 Å². The number of aromatic hydroxyl groups is 1. The summed E-state index contributed by atoms with van der Waals surface area (Å²) < 4.78 is 16.4. The third-order valence-corrected chi connectivity index (χ3v) is 3.40. The van der Waals surface area contributed by atoms with Crippen LogP contribution in [-0.4, -0.2) is 19.3 Å². The van der Waals surface area contributed by atoms with Crippen molar-refractivity contribution in [3.63, 3.8) is 0 Å². The summed E-state index contributed by atoms with van der Waals surface area (Å²) in [5.74, 6) is 1.26. The van der Waals surface area contributed by atoms with Gasteiger partial charge in [-0.2, -0.15) is 0 Å². The van der Waals surface area contributed by atoms with E-state index in [1.807, 2.05) is 0 Å². The molecule has 3 rings (SSSR count). The lowest BCUT2D eigenvalue weighted by atomic mass is 10.1. The van der Waals surface area contributed by atoms with Crippen LogP contribution in [0.1, 0.15) is 0 Å². The molecule has 0 saturated heterocycles. The molecule has 2 aromatic carbocycles. The Bertz CT molecular complexity index is 895. The molecule has 0 aliphatic carbocycles. The molecule has 0 unspecified atom stereocenters. The molecule has 1 N–H and O–H groups in total. The van der Waals surface area contributed by atoms with E-state index in [0.717, 1.165) is 0 Å². The van der Waals surface area contributed by atoms with Crippen molar-refractivity contribution in [3.05, 3.63) is 52.7 Å². The molecule has 0 bridgehead atoms. The second-order valence-corrected chi connectivity index (χ2v) is 4.67. The summed E-state index contributed by atoms with van der Waals surface area (Å²) in [6.07, 6.45) is 0. The van der Waals surface area contributed by atoms with Gasteiger partial charge in [0.25, 0.3) is 0 Å². The van der Waals surface area contributed by atoms with Crippen LogP contribution in [-0.2, 0) is 0 Å². The lowest BCUT2D eigenvalue weighted by molar-refractivity contribution is 0.355. The van der Waals surface area contributed by atoms with Gasteiger partial charge in [-0.25, -0.2) is 0 Å². The Morgan fingerprint density at radius 1 is 1.05 bits per heavy atom. The summed E-state index contributed by atoms with van der Waals surface area (Å²) in [5.41, 5.74) is 0.593. The second-order valence-electron chi connectivity index (χ2n) is 4.67. The fourth-order valence-electron chi connectivity index (χ4n) is 2.41. The van der Waals surface area contributed by atoms with Crippen LogP contribution in [0.15, 0.2) is 51.7 Å². The van der Waals surface area contributed by atoms with E-state index >= 15 is 0 Å². The largest absolute Gasteiger partial charge is 0.507 e. The highest BCUT2D eigenvalue weighted by Crippen LogP contribution is 2.38. The Labute approximate surface area is 126 Å². The molecule has 1 aromatic heterocycles. The summed E-state index contributed by atoms with van der Waals surface area (Å²) in [7, 11) is 3.06. The van der Waals surface area contributed by atoms with Gasteiger partial charge in [0, 0.05) is 6.07 Å². The Hall–Kier alpha value is -2.95. The van der Waals surface area contributed by atoms with Crippen molar-refractivity contribution in [1.82, 2.24) is 0 Å². The minimum absolute atomic E-state index is 0.101. The number of methoxy groups -OCH3 is 2. The van der Waals surface area contributed by atoms with Crippen molar-refractivity contribution in [2.75, 3.05) is 14.2 Å². The third-order valence-electron chi connectivity index (χ3n) is 3.40. The average molecular weight is 298 g/mol. The summed E-state index contributed by atoms with van der Waals surface area (Å²) in [6, 6.07) is 11.3. The van der Waals surface area contributed by atoms with Gasteiger partial charge >= 0.3 is 0 Å². The number of para-hydroxylation sites is 1. The van der Waals surface area contributed by atoms with Crippen LogP contribution in [0.3, 0.4) is 0 Å². The molecule has 0 aliphatic rings. The molecule has 1 heterocycles. The topological polar surface area (TPSA) is 68.9 Å². The van der Waals surface area contributed by atoms with Crippen LogP contribution in [0.4, 0.5) is 0 Å². The number of hydrogen-bond acceptors (Lipinski definition) is 5. The summed E-state index contributed by atoms with van der Waals surface area (Å²) in [6.45, 7) is 0. The first-order valence-electron chi connectivity index (χ1n) is 6.63. The molecule has 0 saturated carbocycles. The van der Waals surface area contributed by atoms with Crippen LogP contribution < -0.4 is 14.9 Å². The van der Waals surface area contributed by atoms with Crippen LogP contribution in [0.5, 0.6) is 17.2 Å².